The summed E-state index contributed by atoms with van der Waals surface area (Å²) in [6.45, 7) is 10.5. The van der Waals surface area contributed by atoms with Crippen molar-refractivity contribution in [1.82, 2.24) is 9.88 Å². The number of carbonyl (C=O) groups is 1. The van der Waals surface area contributed by atoms with E-state index in [1.54, 1.807) is 23.2 Å². The van der Waals surface area contributed by atoms with Crippen LogP contribution in [0.5, 0.6) is 0 Å². The Morgan fingerprint density at radius 3 is 2.75 bits per heavy atom. The zero-order chi connectivity index (χ0) is 17.9. The van der Waals surface area contributed by atoms with Gasteiger partial charge in [-0.25, -0.2) is 9.78 Å². The van der Waals surface area contributed by atoms with Crippen LogP contribution in [0.1, 0.15) is 34.6 Å². The average Bonchev–Trinajstić information content (AvgIpc) is 2.45. The first-order valence-corrected chi connectivity index (χ1v) is 8.54. The summed E-state index contributed by atoms with van der Waals surface area (Å²) in [7, 11) is 0. The van der Waals surface area contributed by atoms with Crippen molar-refractivity contribution in [2.24, 2.45) is 0 Å². The van der Waals surface area contributed by atoms with E-state index in [1.807, 2.05) is 34.6 Å². The van der Waals surface area contributed by atoms with E-state index >= 15 is 0 Å². The molecular weight excluding hydrogens is 330 g/mol. The lowest BCUT2D eigenvalue weighted by Crippen LogP contribution is -2.58. The Hall–Kier alpha value is -1.53. The van der Waals surface area contributed by atoms with Gasteiger partial charge in [0.25, 0.3) is 0 Å². The minimum absolute atomic E-state index is 0.0302. The maximum atomic E-state index is 12.6. The van der Waals surface area contributed by atoms with Crippen LogP contribution in [0.25, 0.3) is 0 Å². The quantitative estimate of drug-likeness (QED) is 0.898. The van der Waals surface area contributed by atoms with Gasteiger partial charge in [0.15, 0.2) is 0 Å². The van der Waals surface area contributed by atoms with Gasteiger partial charge in [-0.3, -0.25) is 4.90 Å². The highest BCUT2D eigenvalue weighted by Gasteiger charge is 2.37. The molecule has 6 nitrogen and oxygen atoms in total. The van der Waals surface area contributed by atoms with Crippen molar-refractivity contribution >= 4 is 23.5 Å². The molecule has 0 spiro atoms. The number of rotatable bonds is 3. The third-order valence-corrected chi connectivity index (χ3v) is 3.91. The lowest BCUT2D eigenvalue weighted by Gasteiger charge is -2.43. The minimum atomic E-state index is -0.530. The van der Waals surface area contributed by atoms with Crippen LogP contribution in [0.4, 0.5) is 10.6 Å². The SMILES string of the molecule is C[C@@H]1CN(C(=O)OC(C)(C)C)[C@H](CNc2ccc(Cl)cn2)[C@H](C)O1. The normalized spacial score (nSPS) is 24.6. The third-order valence-electron chi connectivity index (χ3n) is 3.69. The van der Waals surface area contributed by atoms with Gasteiger partial charge in [0, 0.05) is 12.7 Å². The average molecular weight is 356 g/mol. The number of ether oxygens (including phenoxy) is 2. The largest absolute Gasteiger partial charge is 0.444 e. The highest BCUT2D eigenvalue weighted by Crippen LogP contribution is 2.22. The molecule has 2 heterocycles. The summed E-state index contributed by atoms with van der Waals surface area (Å²) in [5.74, 6) is 0.703. The second kappa shape index (κ2) is 7.57. The van der Waals surface area contributed by atoms with E-state index in [2.05, 4.69) is 10.3 Å². The molecule has 134 valence electrons. The van der Waals surface area contributed by atoms with Crippen LogP contribution in [-0.2, 0) is 9.47 Å². The maximum Gasteiger partial charge on any atom is 0.410 e. The molecule has 24 heavy (non-hydrogen) atoms. The number of halogens is 1. The second-order valence-electron chi connectivity index (χ2n) is 7.09. The summed E-state index contributed by atoms with van der Waals surface area (Å²) in [5, 5.41) is 3.82. The Balaban J connectivity index is 2.07. The molecule has 1 saturated heterocycles. The van der Waals surface area contributed by atoms with Gasteiger partial charge in [-0.15, -0.1) is 0 Å². The Kier molecular flexibility index (Phi) is 5.93. The van der Waals surface area contributed by atoms with Crippen LogP contribution in [-0.4, -0.2) is 52.9 Å². The Morgan fingerprint density at radius 2 is 2.17 bits per heavy atom. The first kappa shape index (κ1) is 18.8. The fourth-order valence-corrected chi connectivity index (χ4v) is 2.77. The van der Waals surface area contributed by atoms with Crippen molar-refractivity contribution in [2.45, 2.75) is 58.5 Å². The van der Waals surface area contributed by atoms with Gasteiger partial charge in [-0.05, 0) is 46.8 Å². The number of carbonyl (C=O) groups excluding carboxylic acids is 1. The van der Waals surface area contributed by atoms with E-state index in [1.165, 1.54) is 0 Å². The van der Waals surface area contributed by atoms with Crippen LogP contribution >= 0.6 is 11.6 Å². The van der Waals surface area contributed by atoms with E-state index in [0.717, 1.165) is 0 Å². The van der Waals surface area contributed by atoms with Gasteiger partial charge in [-0.1, -0.05) is 11.6 Å². The van der Waals surface area contributed by atoms with Crippen LogP contribution in [0.3, 0.4) is 0 Å². The molecular formula is C17H26ClN3O3. The number of amides is 1. The van der Waals surface area contributed by atoms with Crippen LogP contribution in [0, 0.1) is 0 Å². The Bertz CT molecular complexity index is 559. The van der Waals surface area contributed by atoms with Crippen LogP contribution in [0.2, 0.25) is 5.02 Å². The summed E-state index contributed by atoms with van der Waals surface area (Å²) in [6, 6.07) is 3.43. The fourth-order valence-electron chi connectivity index (χ4n) is 2.66. The molecule has 0 bridgehead atoms. The summed E-state index contributed by atoms with van der Waals surface area (Å²) in [5.41, 5.74) is -0.530. The zero-order valence-corrected chi connectivity index (χ0v) is 15.6. The predicted molar refractivity (Wildman–Crippen MR) is 94.5 cm³/mol. The molecule has 2 rings (SSSR count). The highest BCUT2D eigenvalue weighted by molar-refractivity contribution is 6.30. The molecule has 0 aliphatic carbocycles. The number of anilines is 1. The number of nitrogens with zero attached hydrogens (tertiary/aromatic N) is 2. The van der Waals surface area contributed by atoms with Gasteiger partial charge in [0.05, 0.1) is 29.8 Å². The third kappa shape index (κ3) is 5.24. The summed E-state index contributed by atoms with van der Waals surface area (Å²) in [4.78, 5) is 18.5. The van der Waals surface area contributed by atoms with Crippen molar-refractivity contribution < 1.29 is 14.3 Å². The molecule has 1 aromatic rings. The molecule has 7 heteroatoms. The van der Waals surface area contributed by atoms with Crippen LogP contribution in [0.15, 0.2) is 18.3 Å². The summed E-state index contributed by atoms with van der Waals surface area (Å²) in [6.07, 6.45) is 1.12. The van der Waals surface area contributed by atoms with Crippen molar-refractivity contribution in [3.8, 4) is 0 Å². The Labute approximate surface area is 148 Å². The van der Waals surface area contributed by atoms with E-state index in [-0.39, 0.29) is 24.3 Å². The standard InChI is InChI=1S/C17H26ClN3O3/c1-11-10-21(16(22)24-17(3,4)5)14(12(2)23-11)9-20-15-7-6-13(18)8-19-15/h6-8,11-12,14H,9-10H2,1-5H3,(H,19,20)/t11-,12+,14-/m1/s1. The first-order valence-electron chi connectivity index (χ1n) is 8.16. The molecule has 1 aromatic heterocycles. The molecule has 0 aromatic carbocycles. The number of aromatic nitrogens is 1. The van der Waals surface area contributed by atoms with Crippen molar-refractivity contribution in [1.29, 1.82) is 0 Å². The fraction of sp³-hybridized carbons (Fsp3) is 0.647. The number of nitrogens with one attached hydrogen (secondary N) is 1. The number of hydrogen-bond donors (Lipinski definition) is 1. The summed E-state index contributed by atoms with van der Waals surface area (Å²) >= 11 is 5.85. The number of morpholine rings is 1. The molecule has 3 atom stereocenters. The molecule has 1 amide bonds. The zero-order valence-electron chi connectivity index (χ0n) is 14.9. The molecule has 1 aliphatic heterocycles. The molecule has 1 fully saturated rings. The topological polar surface area (TPSA) is 63.7 Å². The highest BCUT2D eigenvalue weighted by atomic mass is 35.5. The molecule has 0 radical (unpaired) electrons. The minimum Gasteiger partial charge on any atom is -0.444 e. The maximum absolute atomic E-state index is 12.6. The van der Waals surface area contributed by atoms with E-state index < -0.39 is 5.60 Å². The predicted octanol–water partition coefficient (Wildman–Crippen LogP) is 3.56. The monoisotopic (exact) mass is 355 g/mol. The van der Waals surface area contributed by atoms with Crippen molar-refractivity contribution in [3.63, 3.8) is 0 Å². The number of pyridine rings is 1. The molecule has 0 saturated carbocycles. The van der Waals surface area contributed by atoms with E-state index in [4.69, 9.17) is 21.1 Å². The van der Waals surface area contributed by atoms with Gasteiger partial charge in [0.1, 0.15) is 11.4 Å². The van der Waals surface area contributed by atoms with Gasteiger partial charge >= 0.3 is 6.09 Å². The number of hydrogen-bond acceptors (Lipinski definition) is 5. The van der Waals surface area contributed by atoms with Gasteiger partial charge in [-0.2, -0.15) is 0 Å². The molecule has 1 aliphatic rings. The van der Waals surface area contributed by atoms with Crippen LogP contribution < -0.4 is 5.32 Å². The lowest BCUT2D eigenvalue weighted by molar-refractivity contribution is -0.100. The van der Waals surface area contributed by atoms with Crippen molar-refractivity contribution in [2.75, 3.05) is 18.4 Å². The van der Waals surface area contributed by atoms with E-state index in [0.29, 0.717) is 23.9 Å². The van der Waals surface area contributed by atoms with Crippen molar-refractivity contribution in [3.05, 3.63) is 23.4 Å². The summed E-state index contributed by atoms with van der Waals surface area (Å²) < 4.78 is 11.4. The first-order chi connectivity index (χ1) is 11.2. The Morgan fingerprint density at radius 1 is 1.46 bits per heavy atom. The molecule has 0 unspecified atom stereocenters. The van der Waals surface area contributed by atoms with Gasteiger partial charge in [0.2, 0.25) is 0 Å². The van der Waals surface area contributed by atoms with E-state index in [9.17, 15) is 4.79 Å². The van der Waals surface area contributed by atoms with Gasteiger partial charge < -0.3 is 14.8 Å². The molecule has 1 N–H and O–H groups in total. The smallest absolute Gasteiger partial charge is 0.410 e. The lowest BCUT2D eigenvalue weighted by atomic mass is 10.1. The second-order valence-corrected chi connectivity index (χ2v) is 7.53.